The first-order valence-corrected chi connectivity index (χ1v) is 13.2. The molecule has 2 heterocycles. The normalized spacial score (nSPS) is 20.2. The Hall–Kier alpha value is -2.44. The third-order valence-corrected chi connectivity index (χ3v) is 7.42. The summed E-state index contributed by atoms with van der Waals surface area (Å²) in [6.45, 7) is 5.94. The van der Waals surface area contributed by atoms with Crippen LogP contribution in [-0.4, -0.2) is 72.4 Å². The number of likely N-dealkylation sites (tertiary alicyclic amines) is 2. The Morgan fingerprint density at radius 3 is 2.31 bits per heavy atom. The summed E-state index contributed by atoms with van der Waals surface area (Å²) in [7, 11) is 0. The summed E-state index contributed by atoms with van der Waals surface area (Å²) in [5.74, 6) is 1.37. The number of piperidine rings is 1. The Kier molecular flexibility index (Phi) is 9.16. The van der Waals surface area contributed by atoms with E-state index in [0.717, 1.165) is 62.1 Å². The maximum Gasteiger partial charge on any atom is 0.254 e. The van der Waals surface area contributed by atoms with E-state index in [1.54, 1.807) is 4.90 Å². The van der Waals surface area contributed by atoms with Gasteiger partial charge in [-0.05, 0) is 86.5 Å². The van der Waals surface area contributed by atoms with Gasteiger partial charge in [-0.3, -0.25) is 4.79 Å². The molecule has 0 saturated carbocycles. The number of benzene rings is 2. The minimum Gasteiger partial charge on any atom is -0.493 e. The fraction of sp³-hybridized carbons (Fsp3) is 0.552. The number of ether oxygens (including phenoxy) is 1. The van der Waals surface area contributed by atoms with Crippen LogP contribution < -0.4 is 4.74 Å². The fourth-order valence-corrected chi connectivity index (χ4v) is 5.24. The second-order valence-corrected chi connectivity index (χ2v) is 10.0. The number of alkyl halides is 1. The maximum absolute atomic E-state index is 13.9. The predicted molar refractivity (Wildman–Crippen MR) is 137 cm³/mol. The van der Waals surface area contributed by atoms with Crippen molar-refractivity contribution in [3.63, 3.8) is 0 Å². The van der Waals surface area contributed by atoms with Gasteiger partial charge in [0.25, 0.3) is 5.91 Å². The molecular formula is C29H39FN2O3. The van der Waals surface area contributed by atoms with E-state index in [2.05, 4.69) is 4.90 Å². The average molecular weight is 483 g/mol. The van der Waals surface area contributed by atoms with Gasteiger partial charge in [-0.1, -0.05) is 37.6 Å². The molecule has 4 rings (SSSR count). The Labute approximate surface area is 208 Å². The van der Waals surface area contributed by atoms with E-state index in [-0.39, 0.29) is 18.6 Å². The summed E-state index contributed by atoms with van der Waals surface area (Å²) in [4.78, 5) is 16.8. The van der Waals surface area contributed by atoms with Gasteiger partial charge in [-0.15, -0.1) is 0 Å². The molecule has 1 amide bonds. The molecule has 190 valence electrons. The highest BCUT2D eigenvalue weighted by Gasteiger charge is 2.28. The molecule has 2 aromatic rings. The van der Waals surface area contributed by atoms with Crippen LogP contribution >= 0.6 is 0 Å². The number of hydrogen-bond acceptors (Lipinski definition) is 4. The molecule has 2 aliphatic rings. The largest absolute Gasteiger partial charge is 0.493 e. The average Bonchev–Trinajstić information content (AvgIpc) is 3.37. The van der Waals surface area contributed by atoms with Crippen molar-refractivity contribution in [3.05, 3.63) is 54.1 Å². The first kappa shape index (κ1) is 25.6. The number of hydrogen-bond donors (Lipinski definition) is 1. The quantitative estimate of drug-likeness (QED) is 0.507. The first-order valence-electron chi connectivity index (χ1n) is 13.2. The van der Waals surface area contributed by atoms with Gasteiger partial charge in [-0.2, -0.15) is 0 Å². The lowest BCUT2D eigenvalue weighted by atomic mass is 9.97. The van der Waals surface area contributed by atoms with Crippen LogP contribution in [0.25, 0.3) is 11.1 Å². The summed E-state index contributed by atoms with van der Waals surface area (Å²) in [6.07, 6.45) is 4.78. The summed E-state index contributed by atoms with van der Waals surface area (Å²) < 4.78 is 19.9. The van der Waals surface area contributed by atoms with E-state index < -0.39 is 6.17 Å². The monoisotopic (exact) mass is 482 g/mol. The van der Waals surface area contributed by atoms with Crippen molar-refractivity contribution in [2.45, 2.75) is 57.7 Å². The van der Waals surface area contributed by atoms with E-state index in [1.807, 2.05) is 55.5 Å². The topological polar surface area (TPSA) is 53.0 Å². The van der Waals surface area contributed by atoms with Crippen molar-refractivity contribution >= 4 is 5.91 Å². The third-order valence-electron chi connectivity index (χ3n) is 7.42. The van der Waals surface area contributed by atoms with Gasteiger partial charge in [0.1, 0.15) is 11.9 Å². The van der Waals surface area contributed by atoms with E-state index in [0.29, 0.717) is 37.6 Å². The number of aliphatic hydroxyl groups excluding tert-OH is 1. The number of carbonyl (C=O) groups excluding carboxylic acids is 1. The van der Waals surface area contributed by atoms with Crippen LogP contribution in [0.2, 0.25) is 0 Å². The lowest BCUT2D eigenvalue weighted by Gasteiger charge is -2.32. The van der Waals surface area contributed by atoms with E-state index in [1.165, 1.54) is 0 Å². The van der Waals surface area contributed by atoms with E-state index in [9.17, 15) is 14.3 Å². The Morgan fingerprint density at radius 1 is 1.03 bits per heavy atom. The first-order chi connectivity index (χ1) is 17.1. The minimum absolute atomic E-state index is 0.00634. The van der Waals surface area contributed by atoms with Crippen LogP contribution in [0.1, 0.15) is 55.8 Å². The van der Waals surface area contributed by atoms with Gasteiger partial charge in [0.05, 0.1) is 19.3 Å². The van der Waals surface area contributed by atoms with Crippen molar-refractivity contribution in [1.29, 1.82) is 0 Å². The van der Waals surface area contributed by atoms with Gasteiger partial charge < -0.3 is 19.6 Å². The molecule has 2 saturated heterocycles. The SMILES string of the molecule is CCC[C@@H](F)CN1CCC(COc2ccc(-c3ccc(C(=O)N4CCCC4CO)cc3)cc2)CC1. The number of aliphatic hydroxyl groups is 1. The Bertz CT molecular complexity index is 926. The molecule has 0 aromatic heterocycles. The minimum atomic E-state index is -0.702. The van der Waals surface area contributed by atoms with Crippen LogP contribution in [0.4, 0.5) is 4.39 Å². The molecule has 6 heteroatoms. The molecule has 2 fully saturated rings. The number of rotatable bonds is 10. The van der Waals surface area contributed by atoms with E-state index >= 15 is 0 Å². The highest BCUT2D eigenvalue weighted by molar-refractivity contribution is 5.95. The molecule has 0 bridgehead atoms. The number of halogens is 1. The molecule has 0 aliphatic carbocycles. The second-order valence-electron chi connectivity index (χ2n) is 10.0. The zero-order valence-electron chi connectivity index (χ0n) is 20.9. The van der Waals surface area contributed by atoms with Crippen LogP contribution in [0, 0.1) is 5.92 Å². The third kappa shape index (κ3) is 6.83. The Morgan fingerprint density at radius 2 is 1.69 bits per heavy atom. The molecule has 0 spiro atoms. The molecule has 0 radical (unpaired) electrons. The molecule has 2 aliphatic heterocycles. The van der Waals surface area contributed by atoms with Gasteiger partial charge in [0, 0.05) is 18.7 Å². The number of nitrogens with zero attached hydrogens (tertiary/aromatic N) is 2. The predicted octanol–water partition coefficient (Wildman–Crippen LogP) is 5.18. The molecule has 2 atom stereocenters. The molecule has 5 nitrogen and oxygen atoms in total. The van der Waals surface area contributed by atoms with Crippen LogP contribution in [-0.2, 0) is 0 Å². The number of amides is 1. The summed E-state index contributed by atoms with van der Waals surface area (Å²) in [5, 5.41) is 9.50. The fourth-order valence-electron chi connectivity index (χ4n) is 5.24. The molecular weight excluding hydrogens is 443 g/mol. The Balaban J connectivity index is 1.24. The summed E-state index contributed by atoms with van der Waals surface area (Å²) in [6, 6.07) is 15.7. The molecule has 1 N–H and O–H groups in total. The molecule has 35 heavy (non-hydrogen) atoms. The van der Waals surface area contributed by atoms with Crippen LogP contribution in [0.5, 0.6) is 5.75 Å². The van der Waals surface area contributed by atoms with Crippen molar-refractivity contribution in [3.8, 4) is 16.9 Å². The van der Waals surface area contributed by atoms with Crippen molar-refractivity contribution in [2.24, 2.45) is 5.92 Å². The summed E-state index contributed by atoms with van der Waals surface area (Å²) in [5.41, 5.74) is 2.79. The number of carbonyl (C=O) groups is 1. The lowest BCUT2D eigenvalue weighted by Crippen LogP contribution is -2.39. The van der Waals surface area contributed by atoms with Crippen LogP contribution in [0.3, 0.4) is 0 Å². The summed E-state index contributed by atoms with van der Waals surface area (Å²) >= 11 is 0. The van der Waals surface area contributed by atoms with Crippen molar-refractivity contribution < 1.29 is 19.0 Å². The molecule has 2 aromatic carbocycles. The van der Waals surface area contributed by atoms with E-state index in [4.69, 9.17) is 4.74 Å². The second kappa shape index (κ2) is 12.5. The van der Waals surface area contributed by atoms with Gasteiger partial charge in [-0.25, -0.2) is 4.39 Å². The lowest BCUT2D eigenvalue weighted by molar-refractivity contribution is 0.0677. The van der Waals surface area contributed by atoms with Gasteiger partial charge >= 0.3 is 0 Å². The van der Waals surface area contributed by atoms with Crippen LogP contribution in [0.15, 0.2) is 48.5 Å². The van der Waals surface area contributed by atoms with Crippen molar-refractivity contribution in [2.75, 3.05) is 39.4 Å². The zero-order chi connectivity index (χ0) is 24.6. The maximum atomic E-state index is 13.9. The highest BCUT2D eigenvalue weighted by atomic mass is 19.1. The van der Waals surface area contributed by atoms with Crippen molar-refractivity contribution in [1.82, 2.24) is 9.80 Å². The standard InChI is InChI=1S/C29H39FN2O3/c1-2-4-26(30)19-31-17-14-22(15-18-31)21-35-28-12-10-24(11-13-28)23-6-8-25(9-7-23)29(34)32-16-3-5-27(32)20-33/h6-13,22,26-27,33H,2-5,14-21H2,1H3/t26-,27?/m1/s1. The highest BCUT2D eigenvalue weighted by Crippen LogP contribution is 2.26. The van der Waals surface area contributed by atoms with Gasteiger partial charge in [0.15, 0.2) is 0 Å². The zero-order valence-corrected chi connectivity index (χ0v) is 20.9. The van der Waals surface area contributed by atoms with Gasteiger partial charge in [0.2, 0.25) is 0 Å². The smallest absolute Gasteiger partial charge is 0.254 e. The molecule has 1 unspecified atom stereocenters.